The molecule has 0 aromatic heterocycles. The van der Waals surface area contributed by atoms with Gasteiger partial charge in [-0.25, -0.2) is 8.42 Å². The van der Waals surface area contributed by atoms with Crippen LogP contribution < -0.4 is 15.2 Å². The SMILES string of the molecule is CS(=O)(=O)c1cc2c(cc1C(N)CO)OCCO2. The molecule has 0 aliphatic carbocycles. The summed E-state index contributed by atoms with van der Waals surface area (Å²) < 4.78 is 34.2. The summed E-state index contributed by atoms with van der Waals surface area (Å²) in [4.78, 5) is 0.0632. The van der Waals surface area contributed by atoms with Crippen molar-refractivity contribution in [2.24, 2.45) is 5.73 Å². The molecule has 1 aliphatic rings. The minimum absolute atomic E-state index is 0.0632. The zero-order valence-electron chi connectivity index (χ0n) is 9.92. The Morgan fingerprint density at radius 2 is 1.89 bits per heavy atom. The molecule has 1 aromatic rings. The largest absolute Gasteiger partial charge is 0.486 e. The second-order valence-electron chi connectivity index (χ2n) is 4.09. The van der Waals surface area contributed by atoms with E-state index < -0.39 is 15.9 Å². The highest BCUT2D eigenvalue weighted by Crippen LogP contribution is 2.36. The molecule has 6 nitrogen and oxygen atoms in total. The molecule has 0 amide bonds. The van der Waals surface area contributed by atoms with Crippen molar-refractivity contribution in [2.75, 3.05) is 26.1 Å². The Bertz CT molecular complexity index is 555. The Morgan fingerprint density at radius 1 is 1.33 bits per heavy atom. The van der Waals surface area contributed by atoms with Crippen LogP contribution >= 0.6 is 0 Å². The van der Waals surface area contributed by atoms with E-state index in [2.05, 4.69) is 0 Å². The molecule has 1 aromatic carbocycles. The van der Waals surface area contributed by atoms with Gasteiger partial charge in [0.2, 0.25) is 0 Å². The van der Waals surface area contributed by atoms with Gasteiger partial charge in [0, 0.05) is 12.3 Å². The maximum atomic E-state index is 11.7. The molecule has 3 N–H and O–H groups in total. The standard InChI is InChI=1S/C11H15NO5S/c1-18(14,15)11-5-10-9(16-2-3-17-10)4-7(11)8(12)6-13/h4-5,8,13H,2-3,6,12H2,1H3. The van der Waals surface area contributed by atoms with Crippen molar-refractivity contribution in [1.82, 2.24) is 0 Å². The van der Waals surface area contributed by atoms with Crippen molar-refractivity contribution >= 4 is 9.84 Å². The molecule has 0 bridgehead atoms. The molecule has 0 radical (unpaired) electrons. The number of benzene rings is 1. The second-order valence-corrected chi connectivity index (χ2v) is 6.08. The van der Waals surface area contributed by atoms with Crippen LogP contribution in [0, 0.1) is 0 Å². The third kappa shape index (κ3) is 2.43. The molecule has 1 heterocycles. The number of nitrogens with two attached hydrogens (primary N) is 1. The highest BCUT2D eigenvalue weighted by Gasteiger charge is 2.23. The smallest absolute Gasteiger partial charge is 0.175 e. The first-order valence-electron chi connectivity index (χ1n) is 5.43. The van der Waals surface area contributed by atoms with Gasteiger partial charge in [-0.1, -0.05) is 0 Å². The monoisotopic (exact) mass is 273 g/mol. The van der Waals surface area contributed by atoms with E-state index in [1.165, 1.54) is 12.1 Å². The molecule has 0 fully saturated rings. The van der Waals surface area contributed by atoms with Crippen LogP contribution in [-0.2, 0) is 9.84 Å². The summed E-state index contributed by atoms with van der Waals surface area (Å²) in [6.07, 6.45) is 1.09. The van der Waals surface area contributed by atoms with Crippen molar-refractivity contribution in [3.05, 3.63) is 17.7 Å². The lowest BCUT2D eigenvalue weighted by Gasteiger charge is -2.22. The molecule has 1 aliphatic heterocycles. The summed E-state index contributed by atoms with van der Waals surface area (Å²) in [7, 11) is -3.45. The van der Waals surface area contributed by atoms with Crippen molar-refractivity contribution in [3.63, 3.8) is 0 Å². The fourth-order valence-electron chi connectivity index (χ4n) is 1.80. The number of fused-ring (bicyclic) bond motifs is 1. The van der Waals surface area contributed by atoms with Crippen LogP contribution in [0.25, 0.3) is 0 Å². The van der Waals surface area contributed by atoms with Crippen molar-refractivity contribution in [3.8, 4) is 11.5 Å². The van der Waals surface area contributed by atoms with Gasteiger partial charge in [0.1, 0.15) is 13.2 Å². The summed E-state index contributed by atoms with van der Waals surface area (Å²) in [5.74, 6) is 0.836. The zero-order valence-corrected chi connectivity index (χ0v) is 10.7. The van der Waals surface area contributed by atoms with Gasteiger partial charge in [0.15, 0.2) is 21.3 Å². The first kappa shape index (κ1) is 13.1. The predicted octanol–water partition coefficient (Wildman–Crippen LogP) is -0.147. The van der Waals surface area contributed by atoms with E-state index in [0.717, 1.165) is 6.26 Å². The van der Waals surface area contributed by atoms with Crippen LogP contribution in [0.5, 0.6) is 11.5 Å². The van der Waals surface area contributed by atoms with E-state index in [-0.39, 0.29) is 11.5 Å². The van der Waals surface area contributed by atoms with Crippen molar-refractivity contribution in [1.29, 1.82) is 0 Å². The molecule has 0 saturated heterocycles. The molecule has 100 valence electrons. The van der Waals surface area contributed by atoms with Crippen LogP contribution in [0.15, 0.2) is 17.0 Å². The number of rotatable bonds is 3. The number of hydrogen-bond donors (Lipinski definition) is 2. The van der Waals surface area contributed by atoms with Crippen LogP contribution in [0.4, 0.5) is 0 Å². The van der Waals surface area contributed by atoms with Gasteiger partial charge < -0.3 is 20.3 Å². The van der Waals surface area contributed by atoms with Gasteiger partial charge in [0.05, 0.1) is 17.5 Å². The fourth-order valence-corrected chi connectivity index (χ4v) is 2.75. The quantitative estimate of drug-likeness (QED) is 0.795. The number of aliphatic hydroxyl groups excluding tert-OH is 1. The van der Waals surface area contributed by atoms with E-state index in [0.29, 0.717) is 30.3 Å². The summed E-state index contributed by atoms with van der Waals surface area (Å²) in [5.41, 5.74) is 6.05. The average Bonchev–Trinajstić information content (AvgIpc) is 2.35. The maximum Gasteiger partial charge on any atom is 0.175 e. The first-order valence-corrected chi connectivity index (χ1v) is 7.32. The summed E-state index contributed by atoms with van der Waals surface area (Å²) in [5, 5.41) is 9.09. The van der Waals surface area contributed by atoms with Gasteiger partial charge in [0.25, 0.3) is 0 Å². The highest BCUT2D eigenvalue weighted by molar-refractivity contribution is 7.90. The summed E-state index contributed by atoms with van der Waals surface area (Å²) in [6.45, 7) is 0.433. The zero-order chi connectivity index (χ0) is 13.3. The number of hydrogen-bond acceptors (Lipinski definition) is 6. The minimum atomic E-state index is -3.45. The van der Waals surface area contributed by atoms with Gasteiger partial charge >= 0.3 is 0 Å². The maximum absolute atomic E-state index is 11.7. The number of sulfone groups is 1. The molecular formula is C11H15NO5S. The molecule has 7 heteroatoms. The second kappa shape index (κ2) is 4.75. The van der Waals surface area contributed by atoms with E-state index in [9.17, 15) is 8.42 Å². The van der Waals surface area contributed by atoms with Crippen molar-refractivity contribution in [2.45, 2.75) is 10.9 Å². The van der Waals surface area contributed by atoms with E-state index in [1.807, 2.05) is 0 Å². The van der Waals surface area contributed by atoms with E-state index >= 15 is 0 Å². The van der Waals surface area contributed by atoms with Crippen molar-refractivity contribution < 1.29 is 23.0 Å². The van der Waals surface area contributed by atoms with Crippen LogP contribution in [0.1, 0.15) is 11.6 Å². The van der Waals surface area contributed by atoms with Crippen LogP contribution in [0.2, 0.25) is 0 Å². The lowest BCUT2D eigenvalue weighted by molar-refractivity contribution is 0.170. The fraction of sp³-hybridized carbons (Fsp3) is 0.455. The molecule has 0 saturated carbocycles. The normalized spacial score (nSPS) is 16.4. The van der Waals surface area contributed by atoms with Gasteiger partial charge in [-0.2, -0.15) is 0 Å². The Hall–Kier alpha value is -1.31. The van der Waals surface area contributed by atoms with E-state index in [4.69, 9.17) is 20.3 Å². The van der Waals surface area contributed by atoms with Crippen LogP contribution in [0.3, 0.4) is 0 Å². The molecule has 1 unspecified atom stereocenters. The third-order valence-corrected chi connectivity index (χ3v) is 3.82. The topological polar surface area (TPSA) is 98.9 Å². The Kier molecular flexibility index (Phi) is 3.47. The molecule has 18 heavy (non-hydrogen) atoms. The molecule has 2 rings (SSSR count). The molecule has 1 atom stereocenters. The van der Waals surface area contributed by atoms with Gasteiger partial charge in [-0.3, -0.25) is 0 Å². The number of ether oxygens (including phenoxy) is 2. The number of aliphatic hydroxyl groups is 1. The van der Waals surface area contributed by atoms with E-state index in [1.54, 1.807) is 0 Å². The van der Waals surface area contributed by atoms with Gasteiger partial charge in [-0.05, 0) is 11.6 Å². The summed E-state index contributed by atoms with van der Waals surface area (Å²) >= 11 is 0. The average molecular weight is 273 g/mol. The Labute approximate surface area is 105 Å². The van der Waals surface area contributed by atoms with Crippen LogP contribution in [-0.4, -0.2) is 39.6 Å². The lowest BCUT2D eigenvalue weighted by atomic mass is 10.1. The minimum Gasteiger partial charge on any atom is -0.486 e. The molecule has 0 spiro atoms. The molecular weight excluding hydrogens is 258 g/mol. The third-order valence-electron chi connectivity index (χ3n) is 2.67. The lowest BCUT2D eigenvalue weighted by Crippen LogP contribution is -2.21. The summed E-state index contributed by atoms with van der Waals surface area (Å²) in [6, 6.07) is 2.14. The Morgan fingerprint density at radius 3 is 2.39 bits per heavy atom. The van der Waals surface area contributed by atoms with Gasteiger partial charge in [-0.15, -0.1) is 0 Å². The Balaban J connectivity index is 2.62. The first-order chi connectivity index (χ1) is 8.43. The predicted molar refractivity (Wildman–Crippen MR) is 64.6 cm³/mol. The highest BCUT2D eigenvalue weighted by atomic mass is 32.2.